The summed E-state index contributed by atoms with van der Waals surface area (Å²) in [5, 5.41) is 0. The molecule has 12 nitrogen and oxygen atoms in total. The molecule has 0 aromatic carbocycles. The largest absolute Gasteiger partial charge is 0.459 e. The predicted octanol–water partition coefficient (Wildman–Crippen LogP) is 4.69. The van der Waals surface area contributed by atoms with Crippen LogP contribution in [0.5, 0.6) is 0 Å². The second kappa shape index (κ2) is 18.9. The van der Waals surface area contributed by atoms with Gasteiger partial charge in [0.1, 0.15) is 24.8 Å². The minimum Gasteiger partial charge on any atom is -0.459 e. The lowest BCUT2D eigenvalue weighted by Gasteiger charge is -2.36. The average molecular weight is 637 g/mol. The first-order valence-corrected chi connectivity index (χ1v) is 15.7. The van der Waals surface area contributed by atoms with E-state index >= 15 is 0 Å². The smallest absolute Gasteiger partial charge is 0.347 e. The van der Waals surface area contributed by atoms with Crippen LogP contribution in [0.4, 0.5) is 11.6 Å². The Morgan fingerprint density at radius 3 is 1.39 bits per heavy atom. The van der Waals surface area contributed by atoms with Crippen molar-refractivity contribution in [1.82, 2.24) is 9.97 Å². The molecule has 0 bridgehead atoms. The van der Waals surface area contributed by atoms with Crippen molar-refractivity contribution >= 4 is 35.5 Å². The molecule has 0 aliphatic carbocycles. The highest BCUT2D eigenvalue weighted by Gasteiger charge is 2.24. The van der Waals surface area contributed by atoms with Gasteiger partial charge in [-0.3, -0.25) is 0 Å². The van der Waals surface area contributed by atoms with Gasteiger partial charge in [0.05, 0.1) is 11.1 Å². The standard InChI is InChI=1S/C34H44N4O8/c1-5-7-9-11-21-43-31(39)25(3)45-33(41)27-13-15-29(35-23-27)37-17-19-38(20-18-37)30-16-14-28(24-36-30)34(42)46-26(4)32(40)44-22-12-10-8-6-2/h9-16,23-26H,5-8,17-22H2,1-4H3/b11-9+,12-10+/t25-,26-/m1/s1. The van der Waals surface area contributed by atoms with Gasteiger partial charge in [-0.15, -0.1) is 0 Å². The van der Waals surface area contributed by atoms with Crippen molar-refractivity contribution in [3.05, 3.63) is 72.1 Å². The van der Waals surface area contributed by atoms with Gasteiger partial charge in [-0.1, -0.05) is 51.0 Å². The summed E-state index contributed by atoms with van der Waals surface area (Å²) in [5.74, 6) is -1.12. The van der Waals surface area contributed by atoms with Gasteiger partial charge in [-0.25, -0.2) is 29.1 Å². The average Bonchev–Trinajstić information content (AvgIpc) is 3.08. The lowest BCUT2D eigenvalue weighted by molar-refractivity contribution is -0.152. The molecule has 248 valence electrons. The highest BCUT2D eigenvalue weighted by molar-refractivity contribution is 5.92. The fourth-order valence-corrected chi connectivity index (χ4v) is 4.31. The molecular formula is C34H44N4O8. The number of piperazine rings is 1. The highest BCUT2D eigenvalue weighted by Crippen LogP contribution is 2.19. The van der Waals surface area contributed by atoms with Gasteiger partial charge >= 0.3 is 23.9 Å². The summed E-state index contributed by atoms with van der Waals surface area (Å²) in [5.41, 5.74) is 0.470. The summed E-state index contributed by atoms with van der Waals surface area (Å²) in [6.07, 6.45) is 12.0. The van der Waals surface area contributed by atoms with Crippen LogP contribution in [0.25, 0.3) is 0 Å². The lowest BCUT2D eigenvalue weighted by Crippen LogP contribution is -2.47. The van der Waals surface area contributed by atoms with Crippen molar-refractivity contribution in [3.8, 4) is 0 Å². The first-order chi connectivity index (χ1) is 22.2. The zero-order chi connectivity index (χ0) is 33.3. The SMILES string of the molecule is CCC/C=C/COC(=O)[C@@H](C)OC(=O)c1ccc(N2CCN(c3ccc(C(=O)O[C@H](C)C(=O)OC/C=C/CCC)cn3)CC2)nc1. The summed E-state index contributed by atoms with van der Waals surface area (Å²) >= 11 is 0. The number of allylic oxidation sites excluding steroid dienone is 2. The van der Waals surface area contributed by atoms with E-state index in [1.807, 2.05) is 12.2 Å². The second-order valence-corrected chi connectivity index (χ2v) is 10.7. The van der Waals surface area contributed by atoms with E-state index in [0.29, 0.717) is 37.8 Å². The molecule has 2 aromatic rings. The number of nitrogens with zero attached hydrogens (tertiary/aromatic N) is 4. The van der Waals surface area contributed by atoms with Gasteiger partial charge in [0.15, 0.2) is 12.2 Å². The maximum Gasteiger partial charge on any atom is 0.347 e. The van der Waals surface area contributed by atoms with Crippen molar-refractivity contribution in [2.75, 3.05) is 49.2 Å². The molecular weight excluding hydrogens is 592 g/mol. The maximum atomic E-state index is 12.5. The molecule has 0 spiro atoms. The molecule has 1 fully saturated rings. The summed E-state index contributed by atoms with van der Waals surface area (Å²) in [7, 11) is 0. The van der Waals surface area contributed by atoms with E-state index in [2.05, 4.69) is 33.6 Å². The number of hydrogen-bond donors (Lipinski definition) is 0. The molecule has 46 heavy (non-hydrogen) atoms. The van der Waals surface area contributed by atoms with E-state index in [-0.39, 0.29) is 24.3 Å². The molecule has 0 N–H and O–H groups in total. The highest BCUT2D eigenvalue weighted by atomic mass is 16.6. The fraction of sp³-hybridized carbons (Fsp3) is 0.471. The van der Waals surface area contributed by atoms with E-state index in [1.165, 1.54) is 26.2 Å². The Kier molecular flexibility index (Phi) is 14.7. The molecule has 2 atom stereocenters. The third-order valence-electron chi connectivity index (χ3n) is 7.01. The number of aromatic nitrogens is 2. The maximum absolute atomic E-state index is 12.5. The molecule has 1 saturated heterocycles. The third kappa shape index (κ3) is 11.3. The van der Waals surface area contributed by atoms with Gasteiger partial charge in [-0.05, 0) is 51.0 Å². The molecule has 3 rings (SSSR count). The normalized spacial score (nSPS) is 14.6. The van der Waals surface area contributed by atoms with Crippen molar-refractivity contribution in [2.24, 2.45) is 0 Å². The molecule has 0 radical (unpaired) electrons. The summed E-state index contributed by atoms with van der Waals surface area (Å²) in [6, 6.07) is 6.72. The molecule has 3 heterocycles. The van der Waals surface area contributed by atoms with Crippen LogP contribution < -0.4 is 9.80 Å². The minimum absolute atomic E-state index is 0.136. The number of rotatable bonds is 16. The Bertz CT molecular complexity index is 1230. The molecule has 1 aliphatic rings. The van der Waals surface area contributed by atoms with Crippen LogP contribution in [0.1, 0.15) is 74.1 Å². The molecule has 0 unspecified atom stereocenters. The van der Waals surface area contributed by atoms with Crippen LogP contribution in [-0.2, 0) is 28.5 Å². The van der Waals surface area contributed by atoms with E-state index < -0.39 is 36.1 Å². The third-order valence-corrected chi connectivity index (χ3v) is 7.01. The second-order valence-electron chi connectivity index (χ2n) is 10.7. The molecule has 2 aromatic heterocycles. The Labute approximate surface area is 270 Å². The zero-order valence-electron chi connectivity index (χ0n) is 27.1. The number of pyridine rings is 2. The minimum atomic E-state index is -1.04. The van der Waals surface area contributed by atoms with E-state index in [0.717, 1.165) is 25.7 Å². The van der Waals surface area contributed by atoms with E-state index in [9.17, 15) is 19.2 Å². The predicted molar refractivity (Wildman–Crippen MR) is 173 cm³/mol. The Hall–Kier alpha value is -4.74. The van der Waals surface area contributed by atoms with Gasteiger partial charge in [0.25, 0.3) is 0 Å². The summed E-state index contributed by atoms with van der Waals surface area (Å²) in [4.78, 5) is 62.2. The van der Waals surface area contributed by atoms with Gasteiger partial charge in [0.2, 0.25) is 0 Å². The van der Waals surface area contributed by atoms with Crippen molar-refractivity contribution in [3.63, 3.8) is 0 Å². The number of unbranched alkanes of at least 4 members (excludes halogenated alkanes) is 2. The molecule has 1 aliphatic heterocycles. The van der Waals surface area contributed by atoms with Gasteiger partial charge in [0, 0.05) is 38.6 Å². The number of anilines is 2. The number of esters is 4. The van der Waals surface area contributed by atoms with E-state index in [1.54, 1.807) is 36.4 Å². The van der Waals surface area contributed by atoms with E-state index in [4.69, 9.17) is 18.9 Å². The first-order valence-electron chi connectivity index (χ1n) is 15.7. The Morgan fingerprint density at radius 1 is 0.674 bits per heavy atom. The Morgan fingerprint density at radius 2 is 1.07 bits per heavy atom. The quantitative estimate of drug-likeness (QED) is 0.144. The van der Waals surface area contributed by atoms with Crippen molar-refractivity contribution in [1.29, 1.82) is 0 Å². The van der Waals surface area contributed by atoms with Crippen LogP contribution in [0.15, 0.2) is 61.0 Å². The van der Waals surface area contributed by atoms with Gasteiger partial charge < -0.3 is 28.7 Å². The van der Waals surface area contributed by atoms with Crippen LogP contribution in [0.2, 0.25) is 0 Å². The molecule has 0 saturated carbocycles. The number of hydrogen-bond acceptors (Lipinski definition) is 12. The number of ether oxygens (including phenoxy) is 4. The topological polar surface area (TPSA) is 137 Å². The summed E-state index contributed by atoms with van der Waals surface area (Å²) < 4.78 is 20.7. The number of carbonyl (C=O) groups is 4. The van der Waals surface area contributed by atoms with Crippen LogP contribution in [0, 0.1) is 0 Å². The van der Waals surface area contributed by atoms with Crippen molar-refractivity contribution in [2.45, 2.75) is 65.6 Å². The zero-order valence-corrected chi connectivity index (χ0v) is 27.1. The first kappa shape index (κ1) is 35.7. The molecule has 12 heteroatoms. The lowest BCUT2D eigenvalue weighted by atomic mass is 10.2. The number of carbonyl (C=O) groups excluding carboxylic acids is 4. The van der Waals surface area contributed by atoms with Crippen LogP contribution in [-0.4, -0.2) is 85.4 Å². The van der Waals surface area contributed by atoms with Crippen molar-refractivity contribution < 1.29 is 38.1 Å². The monoisotopic (exact) mass is 636 g/mol. The van der Waals surface area contributed by atoms with Crippen LogP contribution in [0.3, 0.4) is 0 Å². The summed E-state index contributed by atoms with van der Waals surface area (Å²) in [6.45, 7) is 9.96. The Balaban J connectivity index is 1.43. The van der Waals surface area contributed by atoms with Crippen LogP contribution >= 0.6 is 0 Å². The fourth-order valence-electron chi connectivity index (χ4n) is 4.31. The molecule has 0 amide bonds. The van der Waals surface area contributed by atoms with Gasteiger partial charge in [-0.2, -0.15) is 0 Å².